The van der Waals surface area contributed by atoms with Gasteiger partial charge in [0.1, 0.15) is 0 Å². The first-order valence-electron chi connectivity index (χ1n) is 8.15. The third-order valence-corrected chi connectivity index (χ3v) is 4.61. The number of hydrogen-bond acceptors (Lipinski definition) is 4. The van der Waals surface area contributed by atoms with Crippen LogP contribution in [0.25, 0.3) is 0 Å². The molecule has 1 aromatic carbocycles. The average molecular weight is 362 g/mol. The maximum absolute atomic E-state index is 12.5. The fourth-order valence-electron chi connectivity index (χ4n) is 2.87. The third kappa shape index (κ3) is 3.93. The summed E-state index contributed by atoms with van der Waals surface area (Å²) in [4.78, 5) is 34.6. The summed E-state index contributed by atoms with van der Waals surface area (Å²) in [7, 11) is 0. The fourth-order valence-corrected chi connectivity index (χ4v) is 3.17. The van der Waals surface area contributed by atoms with E-state index in [0.29, 0.717) is 37.0 Å². The van der Waals surface area contributed by atoms with Gasteiger partial charge in [-0.25, -0.2) is 9.78 Å². The van der Waals surface area contributed by atoms with Gasteiger partial charge in [0, 0.05) is 43.6 Å². The molecule has 0 radical (unpaired) electrons. The van der Waals surface area contributed by atoms with Crippen LogP contribution in [0, 0.1) is 0 Å². The molecule has 0 spiro atoms. The highest BCUT2D eigenvalue weighted by atomic mass is 35.5. The Labute approximate surface area is 150 Å². The zero-order valence-corrected chi connectivity index (χ0v) is 14.7. The maximum atomic E-state index is 12.5. The molecule has 1 fully saturated rings. The Kier molecular flexibility index (Phi) is 5.23. The van der Waals surface area contributed by atoms with Crippen molar-refractivity contribution in [2.24, 2.45) is 0 Å². The second-order valence-corrected chi connectivity index (χ2v) is 6.32. The second-order valence-electron chi connectivity index (χ2n) is 5.91. The number of piperazine rings is 1. The predicted molar refractivity (Wildman–Crippen MR) is 97.0 cm³/mol. The lowest BCUT2D eigenvalue weighted by Crippen LogP contribution is -2.53. The number of nitrogens with zero attached hydrogens (tertiary/aromatic N) is 3. The zero-order chi connectivity index (χ0) is 17.8. The molecule has 1 aromatic heterocycles. The van der Waals surface area contributed by atoms with E-state index in [0.717, 1.165) is 5.56 Å². The smallest absolute Gasteiger partial charge is 0.317 e. The monoisotopic (exact) mass is 361 g/mol. The number of halogens is 1. The van der Waals surface area contributed by atoms with Gasteiger partial charge in [-0.05, 0) is 18.6 Å². The number of aromatic nitrogens is 2. The van der Waals surface area contributed by atoms with Crippen molar-refractivity contribution < 1.29 is 4.79 Å². The molecule has 3 rings (SSSR count). The Morgan fingerprint density at radius 3 is 2.68 bits per heavy atom. The van der Waals surface area contributed by atoms with Gasteiger partial charge in [0.05, 0.1) is 6.04 Å². The van der Waals surface area contributed by atoms with E-state index < -0.39 is 0 Å². The highest BCUT2D eigenvalue weighted by Gasteiger charge is 2.24. The Bertz CT molecular complexity index is 801. The predicted octanol–water partition coefficient (Wildman–Crippen LogP) is 2.02. The first-order chi connectivity index (χ1) is 12.1. The van der Waals surface area contributed by atoms with Crippen LogP contribution in [0.15, 0.2) is 41.5 Å². The molecule has 2 N–H and O–H groups in total. The number of urea groups is 1. The molecule has 1 saturated heterocycles. The van der Waals surface area contributed by atoms with Gasteiger partial charge >= 0.3 is 6.03 Å². The van der Waals surface area contributed by atoms with Crippen LogP contribution in [0.5, 0.6) is 0 Å². The molecular weight excluding hydrogens is 342 g/mol. The van der Waals surface area contributed by atoms with Crippen molar-refractivity contribution in [1.29, 1.82) is 0 Å². The number of H-pyrrole nitrogens is 1. The number of aromatic amines is 1. The molecule has 2 aromatic rings. The molecule has 0 saturated carbocycles. The van der Waals surface area contributed by atoms with Gasteiger partial charge in [-0.2, -0.15) is 0 Å². The summed E-state index contributed by atoms with van der Waals surface area (Å²) in [5.74, 6) is 0.395. The third-order valence-electron chi connectivity index (χ3n) is 4.27. The molecule has 25 heavy (non-hydrogen) atoms. The quantitative estimate of drug-likeness (QED) is 0.876. The molecule has 132 valence electrons. The SMILES string of the molecule is CC(NC(=O)N1CCN(c2ncc[nH]c2=O)CC1)c1ccccc1Cl. The van der Waals surface area contributed by atoms with Gasteiger partial charge in [-0.3, -0.25) is 4.79 Å². The molecule has 1 unspecified atom stereocenters. The summed E-state index contributed by atoms with van der Waals surface area (Å²) >= 11 is 6.18. The Balaban J connectivity index is 1.58. The van der Waals surface area contributed by atoms with Crippen LogP contribution in [0.4, 0.5) is 10.6 Å². The van der Waals surface area contributed by atoms with Crippen LogP contribution in [-0.2, 0) is 0 Å². The van der Waals surface area contributed by atoms with Crippen molar-refractivity contribution in [1.82, 2.24) is 20.2 Å². The van der Waals surface area contributed by atoms with Gasteiger partial charge in [0.2, 0.25) is 0 Å². The Morgan fingerprint density at radius 2 is 2.00 bits per heavy atom. The summed E-state index contributed by atoms with van der Waals surface area (Å²) in [6, 6.07) is 7.15. The molecule has 2 heterocycles. The van der Waals surface area contributed by atoms with E-state index in [1.165, 1.54) is 6.20 Å². The maximum Gasteiger partial charge on any atom is 0.317 e. The molecule has 0 aliphatic carbocycles. The molecule has 1 aliphatic rings. The minimum Gasteiger partial charge on any atom is -0.348 e. The number of rotatable bonds is 3. The Morgan fingerprint density at radius 1 is 1.28 bits per heavy atom. The zero-order valence-electron chi connectivity index (χ0n) is 13.9. The highest BCUT2D eigenvalue weighted by molar-refractivity contribution is 6.31. The number of anilines is 1. The topological polar surface area (TPSA) is 81.3 Å². The van der Waals surface area contributed by atoms with Gasteiger partial charge in [-0.1, -0.05) is 29.8 Å². The number of nitrogens with one attached hydrogen (secondary N) is 2. The van der Waals surface area contributed by atoms with Crippen LogP contribution in [0.1, 0.15) is 18.5 Å². The van der Waals surface area contributed by atoms with E-state index >= 15 is 0 Å². The summed E-state index contributed by atoms with van der Waals surface area (Å²) in [6.07, 6.45) is 3.06. The lowest BCUT2D eigenvalue weighted by Gasteiger charge is -2.35. The van der Waals surface area contributed by atoms with Crippen molar-refractivity contribution in [2.45, 2.75) is 13.0 Å². The first kappa shape index (κ1) is 17.3. The van der Waals surface area contributed by atoms with E-state index in [1.54, 1.807) is 11.1 Å². The van der Waals surface area contributed by atoms with Gasteiger partial charge < -0.3 is 20.1 Å². The normalized spacial score (nSPS) is 15.8. The molecule has 7 nitrogen and oxygen atoms in total. The van der Waals surface area contributed by atoms with Gasteiger partial charge in [0.25, 0.3) is 5.56 Å². The van der Waals surface area contributed by atoms with Crippen LogP contribution >= 0.6 is 11.6 Å². The summed E-state index contributed by atoms with van der Waals surface area (Å²) < 4.78 is 0. The van der Waals surface area contributed by atoms with Crippen LogP contribution < -0.4 is 15.8 Å². The van der Waals surface area contributed by atoms with Gasteiger partial charge in [-0.15, -0.1) is 0 Å². The van der Waals surface area contributed by atoms with Gasteiger partial charge in [0.15, 0.2) is 5.82 Å². The molecule has 8 heteroatoms. The van der Waals surface area contributed by atoms with E-state index in [-0.39, 0.29) is 17.6 Å². The second kappa shape index (κ2) is 7.57. The summed E-state index contributed by atoms with van der Waals surface area (Å²) in [6.45, 7) is 4.08. The number of carbonyl (C=O) groups excluding carboxylic acids is 1. The van der Waals surface area contributed by atoms with E-state index in [1.807, 2.05) is 36.1 Å². The standard InChI is InChI=1S/C17H20ClN5O2/c1-12(13-4-2-3-5-14(13)18)21-17(25)23-10-8-22(9-11-23)15-16(24)20-7-6-19-15/h2-7,12H,8-11H2,1H3,(H,20,24)(H,21,25). The minimum absolute atomic E-state index is 0.137. The average Bonchev–Trinajstić information content (AvgIpc) is 2.62. The van der Waals surface area contributed by atoms with Crippen molar-refractivity contribution in [3.8, 4) is 0 Å². The van der Waals surface area contributed by atoms with E-state index in [2.05, 4.69) is 15.3 Å². The lowest BCUT2D eigenvalue weighted by atomic mass is 10.1. The molecule has 0 bridgehead atoms. The number of carbonyl (C=O) groups is 1. The fraction of sp³-hybridized carbons (Fsp3) is 0.353. The van der Waals surface area contributed by atoms with Crippen molar-refractivity contribution in [2.75, 3.05) is 31.1 Å². The number of benzene rings is 1. The Hall–Kier alpha value is -2.54. The van der Waals surface area contributed by atoms with Crippen molar-refractivity contribution in [3.63, 3.8) is 0 Å². The van der Waals surface area contributed by atoms with Crippen LogP contribution in [0.2, 0.25) is 5.02 Å². The van der Waals surface area contributed by atoms with Crippen molar-refractivity contribution in [3.05, 3.63) is 57.6 Å². The molecule has 2 amide bonds. The van der Waals surface area contributed by atoms with Crippen LogP contribution in [-0.4, -0.2) is 47.1 Å². The van der Waals surface area contributed by atoms with E-state index in [4.69, 9.17) is 11.6 Å². The van der Waals surface area contributed by atoms with Crippen molar-refractivity contribution >= 4 is 23.4 Å². The first-order valence-corrected chi connectivity index (χ1v) is 8.52. The largest absolute Gasteiger partial charge is 0.348 e. The molecule has 1 aliphatic heterocycles. The molecule has 1 atom stereocenters. The number of hydrogen-bond donors (Lipinski definition) is 2. The van der Waals surface area contributed by atoms with Crippen LogP contribution in [0.3, 0.4) is 0 Å². The highest BCUT2D eigenvalue weighted by Crippen LogP contribution is 2.22. The minimum atomic E-state index is -0.215. The van der Waals surface area contributed by atoms with E-state index in [9.17, 15) is 9.59 Å². The molecular formula is C17H20ClN5O2. The summed E-state index contributed by atoms with van der Waals surface area (Å²) in [5, 5.41) is 3.61. The lowest BCUT2D eigenvalue weighted by molar-refractivity contribution is 0.191. The summed E-state index contributed by atoms with van der Waals surface area (Å²) in [5.41, 5.74) is 0.670. The number of amides is 2.